The fourth-order valence-electron chi connectivity index (χ4n) is 2.00. The number of ether oxygens (including phenoxy) is 1. The zero-order valence-electron chi connectivity index (χ0n) is 12.3. The lowest BCUT2D eigenvalue weighted by Crippen LogP contribution is -2.50. The van der Waals surface area contributed by atoms with E-state index in [9.17, 15) is 4.39 Å². The summed E-state index contributed by atoms with van der Waals surface area (Å²) in [5.74, 6) is 0.547. The number of aliphatic imine (C=N–C) groups is 1. The smallest absolute Gasteiger partial charge is 0.191 e. The summed E-state index contributed by atoms with van der Waals surface area (Å²) < 4.78 is 18.7. The van der Waals surface area contributed by atoms with Crippen LogP contribution in [0.2, 0.25) is 0 Å². The number of hydrogen-bond donors (Lipinski definition) is 2. The predicted octanol–water partition coefficient (Wildman–Crippen LogP) is 1.84. The minimum absolute atomic E-state index is 0.175. The summed E-state index contributed by atoms with van der Waals surface area (Å²) in [5.41, 5.74) is 1.75. The first-order valence-electron chi connectivity index (χ1n) is 6.80. The first-order valence-corrected chi connectivity index (χ1v) is 6.80. The Labute approximate surface area is 119 Å². The predicted molar refractivity (Wildman–Crippen MR) is 78.3 cm³/mol. The maximum absolute atomic E-state index is 13.5. The first-order chi connectivity index (χ1) is 9.52. The molecule has 110 valence electrons. The number of benzene rings is 1. The second-order valence-electron chi connectivity index (χ2n) is 5.67. The molecule has 0 amide bonds. The molecule has 20 heavy (non-hydrogen) atoms. The molecular formula is C15H22FN3O. The van der Waals surface area contributed by atoms with E-state index < -0.39 is 0 Å². The van der Waals surface area contributed by atoms with Crippen molar-refractivity contribution in [3.63, 3.8) is 0 Å². The molecule has 1 aromatic carbocycles. The van der Waals surface area contributed by atoms with Crippen LogP contribution in [0.5, 0.6) is 0 Å². The standard InChI is InChI=1S/C15H22FN3O/c1-11-4-5-12(6-13(11)16)7-18-14(17-3)19-8-15(2)9-20-10-15/h4-6H,7-10H2,1-3H3,(H2,17,18,19). The van der Waals surface area contributed by atoms with Gasteiger partial charge in [-0.1, -0.05) is 19.1 Å². The summed E-state index contributed by atoms with van der Waals surface area (Å²) in [6.45, 7) is 6.85. The third-order valence-electron chi connectivity index (χ3n) is 3.50. The molecule has 4 nitrogen and oxygen atoms in total. The van der Waals surface area contributed by atoms with Crippen LogP contribution in [-0.4, -0.2) is 32.8 Å². The highest BCUT2D eigenvalue weighted by atomic mass is 19.1. The molecule has 1 aliphatic heterocycles. The maximum Gasteiger partial charge on any atom is 0.191 e. The summed E-state index contributed by atoms with van der Waals surface area (Å²) in [7, 11) is 1.73. The SMILES string of the molecule is CN=C(NCc1ccc(C)c(F)c1)NCC1(C)COC1. The van der Waals surface area contributed by atoms with Gasteiger partial charge in [-0.25, -0.2) is 4.39 Å². The van der Waals surface area contributed by atoms with Crippen LogP contribution in [0.1, 0.15) is 18.1 Å². The monoisotopic (exact) mass is 279 g/mol. The van der Waals surface area contributed by atoms with Crippen LogP contribution >= 0.6 is 0 Å². The molecule has 1 aliphatic rings. The van der Waals surface area contributed by atoms with Gasteiger partial charge in [-0.3, -0.25) is 4.99 Å². The summed E-state index contributed by atoms with van der Waals surface area (Å²) in [4.78, 5) is 4.16. The van der Waals surface area contributed by atoms with Crippen molar-refractivity contribution >= 4 is 5.96 Å². The molecule has 5 heteroatoms. The van der Waals surface area contributed by atoms with Gasteiger partial charge in [-0.05, 0) is 24.1 Å². The Kier molecular flexibility index (Phi) is 4.60. The zero-order valence-corrected chi connectivity index (χ0v) is 12.3. The van der Waals surface area contributed by atoms with Crippen LogP contribution in [-0.2, 0) is 11.3 Å². The second kappa shape index (κ2) is 6.22. The Morgan fingerprint density at radius 1 is 1.40 bits per heavy atom. The van der Waals surface area contributed by atoms with E-state index in [1.807, 2.05) is 6.07 Å². The Balaban J connectivity index is 1.82. The van der Waals surface area contributed by atoms with Gasteiger partial charge >= 0.3 is 0 Å². The Morgan fingerprint density at radius 2 is 2.15 bits per heavy atom. The average molecular weight is 279 g/mol. The van der Waals surface area contributed by atoms with Crippen molar-refractivity contribution in [1.29, 1.82) is 0 Å². The van der Waals surface area contributed by atoms with E-state index in [4.69, 9.17) is 4.74 Å². The molecular weight excluding hydrogens is 257 g/mol. The molecule has 1 heterocycles. The molecule has 2 rings (SSSR count). The van der Waals surface area contributed by atoms with Gasteiger partial charge in [0.15, 0.2) is 5.96 Å². The van der Waals surface area contributed by atoms with Gasteiger partial charge in [0.1, 0.15) is 5.82 Å². The fourth-order valence-corrected chi connectivity index (χ4v) is 2.00. The summed E-state index contributed by atoms with van der Waals surface area (Å²) >= 11 is 0. The van der Waals surface area contributed by atoms with Crippen LogP contribution in [0.4, 0.5) is 4.39 Å². The van der Waals surface area contributed by atoms with Crippen molar-refractivity contribution in [2.75, 3.05) is 26.8 Å². The lowest BCUT2D eigenvalue weighted by atomic mass is 9.89. The van der Waals surface area contributed by atoms with E-state index in [-0.39, 0.29) is 11.2 Å². The van der Waals surface area contributed by atoms with Crippen molar-refractivity contribution in [1.82, 2.24) is 10.6 Å². The normalized spacial score (nSPS) is 17.5. The summed E-state index contributed by atoms with van der Waals surface area (Å²) in [6.07, 6.45) is 0. The highest BCUT2D eigenvalue weighted by molar-refractivity contribution is 5.79. The van der Waals surface area contributed by atoms with Crippen molar-refractivity contribution < 1.29 is 9.13 Å². The topological polar surface area (TPSA) is 45.7 Å². The fraction of sp³-hybridized carbons (Fsp3) is 0.533. The average Bonchev–Trinajstić information content (AvgIpc) is 2.40. The summed E-state index contributed by atoms with van der Waals surface area (Å²) in [5, 5.41) is 6.46. The lowest BCUT2D eigenvalue weighted by molar-refractivity contribution is -0.0971. The number of nitrogens with zero attached hydrogens (tertiary/aromatic N) is 1. The number of guanidine groups is 1. The number of halogens is 1. The molecule has 0 bridgehead atoms. The molecule has 0 radical (unpaired) electrons. The molecule has 1 aromatic rings. The quantitative estimate of drug-likeness (QED) is 0.653. The van der Waals surface area contributed by atoms with Crippen molar-refractivity contribution in [3.05, 3.63) is 35.1 Å². The molecule has 1 saturated heterocycles. The molecule has 0 atom stereocenters. The van der Waals surface area contributed by atoms with E-state index in [1.165, 1.54) is 0 Å². The zero-order chi connectivity index (χ0) is 14.6. The van der Waals surface area contributed by atoms with Crippen molar-refractivity contribution in [2.45, 2.75) is 20.4 Å². The third kappa shape index (κ3) is 3.70. The third-order valence-corrected chi connectivity index (χ3v) is 3.50. The van der Waals surface area contributed by atoms with Crippen LogP contribution in [0.25, 0.3) is 0 Å². The molecule has 0 unspecified atom stereocenters. The maximum atomic E-state index is 13.5. The van der Waals surface area contributed by atoms with Gasteiger partial charge < -0.3 is 15.4 Å². The molecule has 2 N–H and O–H groups in total. The number of hydrogen-bond acceptors (Lipinski definition) is 2. The van der Waals surface area contributed by atoms with Crippen LogP contribution < -0.4 is 10.6 Å². The number of aryl methyl sites for hydroxylation is 1. The van der Waals surface area contributed by atoms with E-state index in [1.54, 1.807) is 26.1 Å². The molecule has 0 aromatic heterocycles. The molecule has 0 saturated carbocycles. The van der Waals surface area contributed by atoms with Crippen molar-refractivity contribution in [2.24, 2.45) is 10.4 Å². The van der Waals surface area contributed by atoms with E-state index >= 15 is 0 Å². The van der Waals surface area contributed by atoms with E-state index in [2.05, 4.69) is 22.5 Å². The van der Waals surface area contributed by atoms with E-state index in [0.717, 1.165) is 31.3 Å². The Bertz CT molecular complexity index is 498. The molecule has 1 fully saturated rings. The van der Waals surface area contributed by atoms with Gasteiger partial charge in [0.05, 0.1) is 13.2 Å². The molecule has 0 spiro atoms. The second-order valence-corrected chi connectivity index (χ2v) is 5.67. The number of rotatable bonds is 4. The van der Waals surface area contributed by atoms with Crippen LogP contribution in [0.15, 0.2) is 23.2 Å². The van der Waals surface area contributed by atoms with Crippen molar-refractivity contribution in [3.8, 4) is 0 Å². The Morgan fingerprint density at radius 3 is 2.70 bits per heavy atom. The van der Waals surface area contributed by atoms with Gasteiger partial charge in [-0.2, -0.15) is 0 Å². The number of nitrogens with one attached hydrogen (secondary N) is 2. The minimum Gasteiger partial charge on any atom is -0.380 e. The first kappa shape index (κ1) is 14.8. The minimum atomic E-state index is -0.175. The lowest BCUT2D eigenvalue weighted by Gasteiger charge is -2.38. The van der Waals surface area contributed by atoms with E-state index in [0.29, 0.717) is 12.1 Å². The van der Waals surface area contributed by atoms with Gasteiger partial charge in [0, 0.05) is 25.6 Å². The highest BCUT2D eigenvalue weighted by Gasteiger charge is 2.33. The largest absolute Gasteiger partial charge is 0.380 e. The van der Waals surface area contributed by atoms with Gasteiger partial charge in [0.25, 0.3) is 0 Å². The molecule has 0 aliphatic carbocycles. The summed E-state index contributed by atoms with van der Waals surface area (Å²) in [6, 6.07) is 5.26. The Hall–Kier alpha value is -1.62. The highest BCUT2D eigenvalue weighted by Crippen LogP contribution is 2.24. The van der Waals surface area contributed by atoms with Gasteiger partial charge in [-0.15, -0.1) is 0 Å². The van der Waals surface area contributed by atoms with Gasteiger partial charge in [0.2, 0.25) is 0 Å². The van der Waals surface area contributed by atoms with Crippen LogP contribution in [0, 0.1) is 18.2 Å². The van der Waals surface area contributed by atoms with Crippen LogP contribution in [0.3, 0.4) is 0 Å².